The molecule has 1 fully saturated rings. The summed E-state index contributed by atoms with van der Waals surface area (Å²) >= 11 is 1.62. The van der Waals surface area contributed by atoms with E-state index in [9.17, 15) is 0 Å². The summed E-state index contributed by atoms with van der Waals surface area (Å²) < 4.78 is 5.72. The minimum Gasteiger partial charge on any atom is -0.375 e. The zero-order valence-electron chi connectivity index (χ0n) is 12.0. The summed E-state index contributed by atoms with van der Waals surface area (Å²) in [4.78, 5) is 8.60. The van der Waals surface area contributed by atoms with Crippen molar-refractivity contribution in [3.8, 4) is 0 Å². The van der Waals surface area contributed by atoms with E-state index in [0.29, 0.717) is 6.61 Å². The van der Waals surface area contributed by atoms with Crippen LogP contribution < -0.4 is 5.32 Å². The van der Waals surface area contributed by atoms with Gasteiger partial charge in [-0.3, -0.25) is 4.98 Å². The van der Waals surface area contributed by atoms with Crippen LogP contribution in [0.4, 0.5) is 0 Å². The van der Waals surface area contributed by atoms with Crippen molar-refractivity contribution in [1.82, 2.24) is 15.3 Å². The largest absolute Gasteiger partial charge is 0.375 e. The van der Waals surface area contributed by atoms with Crippen molar-refractivity contribution in [3.63, 3.8) is 0 Å². The van der Waals surface area contributed by atoms with Gasteiger partial charge in [-0.2, -0.15) is 0 Å². The first-order valence-corrected chi connectivity index (χ1v) is 8.25. The highest BCUT2D eigenvalue weighted by molar-refractivity contribution is 7.98. The number of aromatic nitrogens is 2. The van der Waals surface area contributed by atoms with Gasteiger partial charge in [0.15, 0.2) is 0 Å². The van der Waals surface area contributed by atoms with Gasteiger partial charge in [-0.1, -0.05) is 0 Å². The van der Waals surface area contributed by atoms with E-state index in [1.807, 2.05) is 6.26 Å². The Hall–Kier alpha value is -0.360. The monoisotopic (exact) mass is 317 g/mol. The van der Waals surface area contributed by atoms with Gasteiger partial charge in [-0.05, 0) is 50.9 Å². The molecule has 4 nitrogen and oxygen atoms in total. The van der Waals surface area contributed by atoms with Gasteiger partial charge in [0.25, 0.3) is 0 Å². The van der Waals surface area contributed by atoms with Crippen molar-refractivity contribution in [2.24, 2.45) is 5.92 Å². The first-order chi connectivity index (χ1) is 9.40. The van der Waals surface area contributed by atoms with Gasteiger partial charge in [0.2, 0.25) is 0 Å². The Labute approximate surface area is 131 Å². The van der Waals surface area contributed by atoms with Crippen molar-refractivity contribution in [2.75, 3.05) is 26.0 Å². The number of thioether (sulfide) groups is 1. The fourth-order valence-corrected chi connectivity index (χ4v) is 2.95. The number of hydrogen-bond acceptors (Lipinski definition) is 5. The summed E-state index contributed by atoms with van der Waals surface area (Å²) in [6.45, 7) is 3.77. The molecule has 1 aliphatic rings. The zero-order valence-corrected chi connectivity index (χ0v) is 13.6. The predicted molar refractivity (Wildman–Crippen MR) is 85.5 cm³/mol. The van der Waals surface area contributed by atoms with Gasteiger partial charge in [0, 0.05) is 19.0 Å². The van der Waals surface area contributed by atoms with Gasteiger partial charge in [-0.25, -0.2) is 4.98 Å². The number of rotatable bonds is 7. The molecule has 0 amide bonds. The highest BCUT2D eigenvalue weighted by Gasteiger charge is 2.12. The average Bonchev–Trinajstić information content (AvgIpc) is 2.48. The van der Waals surface area contributed by atoms with Crippen LogP contribution in [0.1, 0.15) is 31.4 Å². The van der Waals surface area contributed by atoms with E-state index >= 15 is 0 Å². The van der Waals surface area contributed by atoms with Gasteiger partial charge in [0.05, 0.1) is 12.3 Å². The lowest BCUT2D eigenvalue weighted by Crippen LogP contribution is -2.27. The number of ether oxygens (including phenoxy) is 1. The molecule has 1 N–H and O–H groups in total. The molecule has 0 saturated carbocycles. The molecule has 0 bridgehead atoms. The van der Waals surface area contributed by atoms with Crippen LogP contribution >= 0.6 is 24.2 Å². The van der Waals surface area contributed by atoms with Gasteiger partial charge in [-0.15, -0.1) is 24.2 Å². The van der Waals surface area contributed by atoms with Crippen molar-refractivity contribution in [1.29, 1.82) is 0 Å². The van der Waals surface area contributed by atoms with Crippen LogP contribution in [-0.4, -0.2) is 35.9 Å². The van der Waals surface area contributed by atoms with Gasteiger partial charge < -0.3 is 10.1 Å². The summed E-state index contributed by atoms with van der Waals surface area (Å²) in [5.41, 5.74) is 0.955. The van der Waals surface area contributed by atoms with E-state index in [0.717, 1.165) is 29.7 Å². The second-order valence-electron chi connectivity index (χ2n) is 4.90. The molecule has 6 heteroatoms. The van der Waals surface area contributed by atoms with Crippen LogP contribution in [0.3, 0.4) is 0 Å². The van der Waals surface area contributed by atoms with Gasteiger partial charge >= 0.3 is 0 Å². The van der Waals surface area contributed by atoms with E-state index in [1.165, 1.54) is 32.4 Å². The zero-order chi connectivity index (χ0) is 13.3. The summed E-state index contributed by atoms with van der Waals surface area (Å²) in [6, 6.07) is 0. The first-order valence-electron chi connectivity index (χ1n) is 7.02. The van der Waals surface area contributed by atoms with E-state index in [-0.39, 0.29) is 12.4 Å². The Morgan fingerprint density at radius 3 is 2.80 bits per heavy atom. The summed E-state index contributed by atoms with van der Waals surface area (Å²) in [7, 11) is 0. The highest BCUT2D eigenvalue weighted by Crippen LogP contribution is 2.18. The maximum absolute atomic E-state index is 5.72. The standard InChI is InChI=1S/C14H23N3OS.ClH/c1-19-14-13(16-8-9-17-14)11-18-10-2-3-12-4-6-15-7-5-12;/h8-9,12,15H,2-7,10-11H2,1H3;1H. The Kier molecular flexibility index (Phi) is 9.18. The number of nitrogens with zero attached hydrogens (tertiary/aromatic N) is 2. The molecule has 2 rings (SSSR count). The van der Waals surface area contributed by atoms with Crippen LogP contribution in [0.2, 0.25) is 0 Å². The molecule has 1 aromatic rings. The number of halogens is 1. The first kappa shape index (κ1) is 17.7. The van der Waals surface area contributed by atoms with Crippen molar-refractivity contribution in [3.05, 3.63) is 18.1 Å². The Morgan fingerprint density at radius 2 is 2.05 bits per heavy atom. The molecule has 1 aliphatic heterocycles. The molecule has 0 spiro atoms. The SMILES string of the molecule is CSc1nccnc1COCCCC1CCNCC1.Cl. The molecular weight excluding hydrogens is 294 g/mol. The van der Waals surface area contributed by atoms with E-state index in [2.05, 4.69) is 15.3 Å². The van der Waals surface area contributed by atoms with E-state index in [4.69, 9.17) is 4.74 Å². The predicted octanol–water partition coefficient (Wildman–Crippen LogP) is 2.92. The normalized spacial score (nSPS) is 15.8. The van der Waals surface area contributed by atoms with Crippen molar-refractivity contribution < 1.29 is 4.74 Å². The molecule has 0 radical (unpaired) electrons. The third-order valence-corrected chi connectivity index (χ3v) is 4.26. The van der Waals surface area contributed by atoms with Crippen LogP contribution in [0.25, 0.3) is 0 Å². The summed E-state index contributed by atoms with van der Waals surface area (Å²) in [6.07, 6.45) is 10.6. The highest BCUT2D eigenvalue weighted by atomic mass is 35.5. The fraction of sp³-hybridized carbons (Fsp3) is 0.714. The Bertz CT molecular complexity index is 375. The Morgan fingerprint density at radius 1 is 1.30 bits per heavy atom. The van der Waals surface area contributed by atoms with Crippen molar-refractivity contribution in [2.45, 2.75) is 37.3 Å². The van der Waals surface area contributed by atoms with Crippen LogP contribution in [0.5, 0.6) is 0 Å². The minimum absolute atomic E-state index is 0. The quantitative estimate of drug-likeness (QED) is 0.619. The molecule has 1 saturated heterocycles. The second-order valence-corrected chi connectivity index (χ2v) is 5.70. The maximum Gasteiger partial charge on any atom is 0.120 e. The maximum atomic E-state index is 5.72. The smallest absolute Gasteiger partial charge is 0.120 e. The van der Waals surface area contributed by atoms with Gasteiger partial charge in [0.1, 0.15) is 5.03 Å². The molecule has 2 heterocycles. The number of hydrogen-bond donors (Lipinski definition) is 1. The lowest BCUT2D eigenvalue weighted by molar-refractivity contribution is 0.108. The van der Waals surface area contributed by atoms with Crippen LogP contribution in [-0.2, 0) is 11.3 Å². The van der Waals surface area contributed by atoms with Crippen LogP contribution in [0, 0.1) is 5.92 Å². The molecule has 114 valence electrons. The third-order valence-electron chi connectivity index (χ3n) is 3.53. The number of piperidine rings is 1. The minimum atomic E-state index is 0. The van der Waals surface area contributed by atoms with E-state index in [1.54, 1.807) is 24.2 Å². The average molecular weight is 318 g/mol. The third kappa shape index (κ3) is 5.95. The topological polar surface area (TPSA) is 47.0 Å². The molecule has 0 aromatic carbocycles. The fourth-order valence-electron chi connectivity index (χ4n) is 2.44. The Balaban J connectivity index is 0.00000200. The lowest BCUT2D eigenvalue weighted by atomic mass is 9.93. The molecule has 0 aliphatic carbocycles. The van der Waals surface area contributed by atoms with Crippen LogP contribution in [0.15, 0.2) is 17.4 Å². The molecule has 0 unspecified atom stereocenters. The molecular formula is C14H24ClN3OS. The number of nitrogens with one attached hydrogen (secondary N) is 1. The summed E-state index contributed by atoms with van der Waals surface area (Å²) in [5, 5.41) is 4.37. The molecule has 1 aromatic heterocycles. The second kappa shape index (κ2) is 10.4. The molecule has 20 heavy (non-hydrogen) atoms. The molecule has 0 atom stereocenters. The lowest BCUT2D eigenvalue weighted by Gasteiger charge is -2.22. The summed E-state index contributed by atoms with van der Waals surface area (Å²) in [5.74, 6) is 0.892. The van der Waals surface area contributed by atoms with Crippen molar-refractivity contribution >= 4 is 24.2 Å². The van der Waals surface area contributed by atoms with E-state index < -0.39 is 0 Å².